The van der Waals surface area contributed by atoms with Gasteiger partial charge in [-0.1, -0.05) is 17.7 Å². The van der Waals surface area contributed by atoms with E-state index in [-0.39, 0.29) is 17.5 Å². The van der Waals surface area contributed by atoms with Crippen LogP contribution in [0.3, 0.4) is 0 Å². The average Bonchev–Trinajstić information content (AvgIpc) is 3.00. The lowest BCUT2D eigenvalue weighted by Gasteiger charge is -2.41. The Hall–Kier alpha value is -1.91. The van der Waals surface area contributed by atoms with Gasteiger partial charge in [0.15, 0.2) is 0 Å². The molecule has 23 heavy (non-hydrogen) atoms. The summed E-state index contributed by atoms with van der Waals surface area (Å²) in [6, 6.07) is 9.96. The Bertz CT molecular complexity index is 833. The fourth-order valence-electron chi connectivity index (χ4n) is 3.26. The number of nitrogens with zero attached hydrogens (tertiary/aromatic N) is 3. The first-order valence-corrected chi connectivity index (χ1v) is 9.20. The molecule has 1 aliphatic carbocycles. The molecule has 0 radical (unpaired) electrons. The van der Waals surface area contributed by atoms with Crippen molar-refractivity contribution in [3.63, 3.8) is 0 Å². The summed E-state index contributed by atoms with van der Waals surface area (Å²) < 4.78 is 0.641. The Labute approximate surface area is 147 Å². The summed E-state index contributed by atoms with van der Waals surface area (Å²) in [5.41, 5.74) is 5.74. The first-order valence-electron chi connectivity index (χ1n) is 6.85. The van der Waals surface area contributed by atoms with Crippen molar-refractivity contribution in [3.05, 3.63) is 44.3 Å². The summed E-state index contributed by atoms with van der Waals surface area (Å²) in [5.74, 6) is 1.15. The van der Waals surface area contributed by atoms with E-state index in [4.69, 9.17) is 17.3 Å². The van der Waals surface area contributed by atoms with Crippen LogP contribution in [0.25, 0.3) is 0 Å². The maximum absolute atomic E-state index is 9.66. The Morgan fingerprint density at radius 3 is 2.57 bits per heavy atom. The molecule has 0 unspecified atom stereocenters. The molecule has 0 saturated carbocycles. The molecule has 0 amide bonds. The second-order valence-corrected chi connectivity index (χ2v) is 8.16. The summed E-state index contributed by atoms with van der Waals surface area (Å²) in [6.07, 6.45) is 1.93. The van der Waals surface area contributed by atoms with E-state index in [9.17, 15) is 15.8 Å². The van der Waals surface area contributed by atoms with Crippen molar-refractivity contribution in [2.75, 3.05) is 11.5 Å². The smallest absolute Gasteiger partial charge is 0.204 e. The third-order valence-corrected chi connectivity index (χ3v) is 6.63. The number of rotatable bonds is 1. The minimum absolute atomic E-state index is 0.0638. The minimum atomic E-state index is -1.53. The predicted octanol–water partition coefficient (Wildman–Crippen LogP) is 3.56. The summed E-state index contributed by atoms with van der Waals surface area (Å²) in [6.45, 7) is 0. The van der Waals surface area contributed by atoms with E-state index in [2.05, 4.69) is 18.2 Å². The van der Waals surface area contributed by atoms with Crippen molar-refractivity contribution in [2.45, 2.75) is 5.92 Å². The van der Waals surface area contributed by atoms with Crippen molar-refractivity contribution in [1.82, 2.24) is 0 Å². The second-order valence-electron chi connectivity index (χ2n) is 5.34. The molecular weight excluding hydrogens is 348 g/mol. The van der Waals surface area contributed by atoms with Crippen molar-refractivity contribution in [3.8, 4) is 18.2 Å². The van der Waals surface area contributed by atoms with E-state index >= 15 is 0 Å². The third-order valence-electron chi connectivity index (χ3n) is 4.31. The van der Waals surface area contributed by atoms with E-state index in [1.165, 1.54) is 11.3 Å². The molecular formula is C16H11ClN4S2. The van der Waals surface area contributed by atoms with Gasteiger partial charge in [0, 0.05) is 28.2 Å². The van der Waals surface area contributed by atoms with Gasteiger partial charge in [0.2, 0.25) is 5.41 Å². The summed E-state index contributed by atoms with van der Waals surface area (Å²) >= 11 is 9.19. The number of nitrogens with two attached hydrogens (primary N) is 1. The van der Waals surface area contributed by atoms with Crippen molar-refractivity contribution in [2.24, 2.45) is 17.1 Å². The zero-order valence-electron chi connectivity index (χ0n) is 11.9. The van der Waals surface area contributed by atoms with Gasteiger partial charge in [0.05, 0.1) is 33.8 Å². The Morgan fingerprint density at radius 2 is 2.00 bits per heavy atom. The Kier molecular flexibility index (Phi) is 4.13. The van der Waals surface area contributed by atoms with Gasteiger partial charge in [-0.2, -0.15) is 27.5 Å². The molecule has 0 fully saturated rings. The van der Waals surface area contributed by atoms with Gasteiger partial charge in [0.1, 0.15) is 0 Å². The van der Waals surface area contributed by atoms with Gasteiger partial charge >= 0.3 is 0 Å². The molecule has 1 aromatic rings. The summed E-state index contributed by atoms with van der Waals surface area (Å²) in [7, 11) is 0. The van der Waals surface area contributed by atoms with Gasteiger partial charge in [-0.05, 0) is 17.7 Å². The highest BCUT2D eigenvalue weighted by Crippen LogP contribution is 2.54. The van der Waals surface area contributed by atoms with Gasteiger partial charge in [-0.25, -0.2) is 0 Å². The van der Waals surface area contributed by atoms with Crippen LogP contribution in [0.5, 0.6) is 0 Å². The lowest BCUT2D eigenvalue weighted by molar-refractivity contribution is 0.480. The molecule has 2 aliphatic rings. The largest absolute Gasteiger partial charge is 0.399 e. The molecule has 0 saturated heterocycles. The van der Waals surface area contributed by atoms with Crippen LogP contribution in [0.15, 0.2) is 35.1 Å². The fourth-order valence-corrected chi connectivity index (χ4v) is 5.55. The van der Waals surface area contributed by atoms with Crippen LogP contribution in [-0.4, -0.2) is 11.5 Å². The van der Waals surface area contributed by atoms with E-state index in [1.54, 1.807) is 17.8 Å². The van der Waals surface area contributed by atoms with E-state index in [0.29, 0.717) is 9.91 Å². The zero-order valence-corrected chi connectivity index (χ0v) is 14.3. The molecule has 0 aromatic carbocycles. The Morgan fingerprint density at radius 1 is 1.26 bits per heavy atom. The first kappa shape index (κ1) is 16.0. The van der Waals surface area contributed by atoms with Crippen molar-refractivity contribution < 1.29 is 0 Å². The number of halogens is 1. The molecule has 2 heterocycles. The molecule has 1 aliphatic heterocycles. The molecule has 3 rings (SSSR count). The monoisotopic (exact) mass is 358 g/mol. The summed E-state index contributed by atoms with van der Waals surface area (Å²) in [4.78, 5) is 0.942. The van der Waals surface area contributed by atoms with E-state index < -0.39 is 5.41 Å². The van der Waals surface area contributed by atoms with E-state index in [0.717, 1.165) is 22.0 Å². The zero-order chi connectivity index (χ0) is 16.6. The standard InChI is InChI=1S/C16H11ClN4S2/c17-13-2-1-12(23-13)14-9(5-18)15(21)16(7-19,8-20)11-3-4-22-6-10(11)14/h1-3,10,14H,4,6,21H2/t10-,14-/m0/s1. The highest BCUT2D eigenvalue weighted by atomic mass is 35.5. The van der Waals surface area contributed by atoms with Gasteiger partial charge in [-0.3, -0.25) is 0 Å². The highest BCUT2D eigenvalue weighted by Gasteiger charge is 2.52. The number of fused-ring (bicyclic) bond motifs is 1. The average molecular weight is 359 g/mol. The van der Waals surface area contributed by atoms with Crippen LogP contribution in [0.1, 0.15) is 10.8 Å². The van der Waals surface area contributed by atoms with Crippen LogP contribution in [-0.2, 0) is 0 Å². The number of nitriles is 3. The van der Waals surface area contributed by atoms with Crippen molar-refractivity contribution in [1.29, 1.82) is 15.8 Å². The predicted molar refractivity (Wildman–Crippen MR) is 91.5 cm³/mol. The van der Waals surface area contributed by atoms with Gasteiger partial charge < -0.3 is 5.73 Å². The highest BCUT2D eigenvalue weighted by molar-refractivity contribution is 7.99. The normalized spacial score (nSPS) is 25.6. The third kappa shape index (κ3) is 2.25. The molecule has 7 heteroatoms. The number of allylic oxidation sites excluding steroid dienone is 2. The number of hydrogen-bond donors (Lipinski definition) is 1. The van der Waals surface area contributed by atoms with Crippen LogP contribution < -0.4 is 5.73 Å². The van der Waals surface area contributed by atoms with Crippen LogP contribution in [0.2, 0.25) is 4.34 Å². The molecule has 4 nitrogen and oxygen atoms in total. The molecule has 1 aromatic heterocycles. The minimum Gasteiger partial charge on any atom is -0.399 e. The van der Waals surface area contributed by atoms with Crippen LogP contribution in [0.4, 0.5) is 0 Å². The van der Waals surface area contributed by atoms with Crippen molar-refractivity contribution >= 4 is 34.7 Å². The number of hydrogen-bond acceptors (Lipinski definition) is 6. The molecule has 0 spiro atoms. The maximum atomic E-state index is 9.66. The fraction of sp³-hybridized carbons (Fsp3) is 0.312. The lowest BCUT2D eigenvalue weighted by atomic mass is 9.62. The molecule has 114 valence electrons. The van der Waals surface area contributed by atoms with Crippen LogP contribution in [0, 0.1) is 45.3 Å². The van der Waals surface area contributed by atoms with Crippen LogP contribution >= 0.6 is 34.7 Å². The second kappa shape index (κ2) is 5.95. The Balaban J connectivity index is 2.30. The molecule has 2 atom stereocenters. The molecule has 0 bridgehead atoms. The first-order chi connectivity index (χ1) is 11.1. The molecule has 2 N–H and O–H groups in total. The summed E-state index contributed by atoms with van der Waals surface area (Å²) in [5, 5.41) is 29.0. The number of thiophene rings is 1. The van der Waals surface area contributed by atoms with E-state index in [1.807, 2.05) is 12.1 Å². The SMILES string of the molecule is N#CC1=C(N)C(C#N)(C#N)C2=CCSC[C@@H]2[C@H]1c1ccc(Cl)s1. The van der Waals surface area contributed by atoms with Gasteiger partial charge in [-0.15, -0.1) is 11.3 Å². The lowest BCUT2D eigenvalue weighted by Crippen LogP contribution is -2.41. The quantitative estimate of drug-likeness (QED) is 0.774. The maximum Gasteiger partial charge on any atom is 0.204 e. The topological polar surface area (TPSA) is 97.4 Å². The van der Waals surface area contributed by atoms with Gasteiger partial charge in [0.25, 0.3) is 0 Å². The number of thioether (sulfide) groups is 1.